The van der Waals surface area contributed by atoms with Crippen LogP contribution in [0.25, 0.3) is 11.0 Å². The Morgan fingerprint density at radius 2 is 2.17 bits per heavy atom. The molecule has 1 fully saturated rings. The highest BCUT2D eigenvalue weighted by Crippen LogP contribution is 2.21. The number of hydrogen-bond acceptors (Lipinski definition) is 2. The first-order valence-corrected chi connectivity index (χ1v) is 8.68. The molecular formula is C16H23BrIN5. The molecule has 23 heavy (non-hydrogen) atoms. The van der Waals surface area contributed by atoms with Crippen LogP contribution < -0.4 is 11.1 Å². The first-order valence-electron chi connectivity index (χ1n) is 7.88. The predicted octanol–water partition coefficient (Wildman–Crippen LogP) is 3.78. The molecule has 1 saturated carbocycles. The van der Waals surface area contributed by atoms with E-state index in [9.17, 15) is 0 Å². The Morgan fingerprint density at radius 1 is 1.43 bits per heavy atom. The summed E-state index contributed by atoms with van der Waals surface area (Å²) in [7, 11) is 0. The molecule has 2 aromatic rings. The number of guanidine groups is 1. The van der Waals surface area contributed by atoms with E-state index in [1.54, 1.807) is 0 Å². The van der Waals surface area contributed by atoms with E-state index in [1.807, 2.05) is 12.1 Å². The van der Waals surface area contributed by atoms with Crippen LogP contribution in [0, 0.1) is 0 Å². The van der Waals surface area contributed by atoms with Gasteiger partial charge in [0.15, 0.2) is 5.96 Å². The van der Waals surface area contributed by atoms with Gasteiger partial charge in [0.1, 0.15) is 12.4 Å². The fraction of sp³-hybridized carbons (Fsp3) is 0.500. The Balaban J connectivity index is 0.00000192. The van der Waals surface area contributed by atoms with Crippen molar-refractivity contribution >= 4 is 56.9 Å². The van der Waals surface area contributed by atoms with Crippen LogP contribution in [-0.2, 0) is 13.1 Å². The molecule has 5 nitrogen and oxygen atoms in total. The smallest absolute Gasteiger partial charge is 0.189 e. The Hall–Kier alpha value is -0.830. The summed E-state index contributed by atoms with van der Waals surface area (Å²) < 4.78 is 3.23. The Morgan fingerprint density at radius 3 is 2.87 bits per heavy atom. The van der Waals surface area contributed by atoms with Crippen LogP contribution in [0.1, 0.15) is 38.4 Å². The molecule has 0 bridgehead atoms. The predicted molar refractivity (Wildman–Crippen MR) is 109 cm³/mol. The molecule has 1 heterocycles. The average Bonchev–Trinajstić information content (AvgIpc) is 3.11. The lowest BCUT2D eigenvalue weighted by Gasteiger charge is -2.12. The minimum absolute atomic E-state index is 0. The molecular weight excluding hydrogens is 469 g/mol. The van der Waals surface area contributed by atoms with Crippen LogP contribution >= 0.6 is 39.9 Å². The number of benzene rings is 1. The quantitative estimate of drug-likeness (QED) is 0.388. The number of imidazole rings is 1. The largest absolute Gasteiger partial charge is 0.370 e. The van der Waals surface area contributed by atoms with E-state index in [0.29, 0.717) is 18.5 Å². The lowest BCUT2D eigenvalue weighted by molar-refractivity contribution is 0.623. The van der Waals surface area contributed by atoms with E-state index in [2.05, 4.69) is 43.8 Å². The number of rotatable bonds is 4. The summed E-state index contributed by atoms with van der Waals surface area (Å²) in [4.78, 5) is 9.16. The van der Waals surface area contributed by atoms with E-state index in [-0.39, 0.29) is 24.0 Å². The number of hydrogen-bond donors (Lipinski definition) is 2. The van der Waals surface area contributed by atoms with Crippen LogP contribution in [0.2, 0.25) is 0 Å². The van der Waals surface area contributed by atoms with Gasteiger partial charge in [-0.15, -0.1) is 24.0 Å². The number of nitrogens with one attached hydrogen (secondary N) is 1. The molecule has 0 amide bonds. The van der Waals surface area contributed by atoms with Gasteiger partial charge in [0.05, 0.1) is 11.0 Å². The molecule has 0 atom stereocenters. The summed E-state index contributed by atoms with van der Waals surface area (Å²) >= 11 is 3.49. The molecule has 7 heteroatoms. The fourth-order valence-electron chi connectivity index (χ4n) is 3.11. The summed E-state index contributed by atoms with van der Waals surface area (Å²) in [6, 6.07) is 6.65. The summed E-state index contributed by atoms with van der Waals surface area (Å²) in [6.07, 6.45) is 4.95. The van der Waals surface area contributed by atoms with Crippen molar-refractivity contribution in [1.82, 2.24) is 14.9 Å². The molecule has 0 aliphatic heterocycles. The van der Waals surface area contributed by atoms with Crippen molar-refractivity contribution in [1.29, 1.82) is 0 Å². The topological polar surface area (TPSA) is 68.2 Å². The van der Waals surface area contributed by atoms with Crippen molar-refractivity contribution in [3.63, 3.8) is 0 Å². The molecule has 0 spiro atoms. The van der Waals surface area contributed by atoms with E-state index in [1.165, 1.54) is 25.7 Å². The summed E-state index contributed by atoms with van der Waals surface area (Å²) in [5.41, 5.74) is 8.13. The number of aromatic nitrogens is 2. The average molecular weight is 492 g/mol. The van der Waals surface area contributed by atoms with Gasteiger partial charge in [-0.3, -0.25) is 0 Å². The Labute approximate surface area is 162 Å². The highest BCUT2D eigenvalue weighted by atomic mass is 127. The molecule has 3 rings (SSSR count). The molecule has 0 saturated heterocycles. The van der Waals surface area contributed by atoms with Crippen LogP contribution in [-0.4, -0.2) is 21.6 Å². The SMILES string of the molecule is CCn1c(CN=C(N)NC2CCCC2)nc2cc(Br)ccc21.I. The standard InChI is InChI=1S/C16H22BrN5.HI/c1-2-22-14-8-7-11(17)9-13(14)21-15(22)10-19-16(18)20-12-5-3-4-6-12;/h7-9,12H,2-6,10H2,1H3,(H3,18,19,20);1H. The van der Waals surface area contributed by atoms with Crippen molar-refractivity contribution in [3.05, 3.63) is 28.5 Å². The maximum Gasteiger partial charge on any atom is 0.189 e. The number of nitrogens with zero attached hydrogens (tertiary/aromatic N) is 3. The molecule has 0 unspecified atom stereocenters. The molecule has 126 valence electrons. The highest BCUT2D eigenvalue weighted by Gasteiger charge is 2.15. The molecule has 1 aromatic carbocycles. The van der Waals surface area contributed by atoms with Crippen molar-refractivity contribution in [2.45, 2.75) is 51.7 Å². The fourth-order valence-corrected chi connectivity index (χ4v) is 3.46. The molecule has 1 aliphatic rings. The summed E-state index contributed by atoms with van der Waals surface area (Å²) in [5.74, 6) is 1.48. The lowest BCUT2D eigenvalue weighted by Crippen LogP contribution is -2.38. The van der Waals surface area contributed by atoms with Gasteiger partial charge in [-0.1, -0.05) is 28.8 Å². The first-order chi connectivity index (χ1) is 10.7. The maximum atomic E-state index is 6.01. The van der Waals surface area contributed by atoms with Gasteiger partial charge in [0, 0.05) is 17.1 Å². The number of aliphatic imine (C=N–C) groups is 1. The highest BCUT2D eigenvalue weighted by molar-refractivity contribution is 14.0. The van der Waals surface area contributed by atoms with E-state index < -0.39 is 0 Å². The zero-order valence-corrected chi connectivity index (χ0v) is 17.2. The van der Waals surface area contributed by atoms with E-state index in [4.69, 9.17) is 10.7 Å². The van der Waals surface area contributed by atoms with Crippen LogP contribution in [0.5, 0.6) is 0 Å². The first kappa shape index (κ1) is 18.5. The van der Waals surface area contributed by atoms with Gasteiger partial charge in [-0.05, 0) is 38.0 Å². The second-order valence-electron chi connectivity index (χ2n) is 5.73. The van der Waals surface area contributed by atoms with Crippen LogP contribution in [0.3, 0.4) is 0 Å². The third-order valence-electron chi connectivity index (χ3n) is 4.20. The van der Waals surface area contributed by atoms with Crippen LogP contribution in [0.15, 0.2) is 27.7 Å². The molecule has 1 aliphatic carbocycles. The number of halogens is 2. The zero-order chi connectivity index (χ0) is 15.5. The molecule has 1 aromatic heterocycles. The lowest BCUT2D eigenvalue weighted by atomic mass is 10.2. The third-order valence-corrected chi connectivity index (χ3v) is 4.70. The molecule has 0 radical (unpaired) electrons. The minimum Gasteiger partial charge on any atom is -0.370 e. The van der Waals surface area contributed by atoms with Crippen molar-refractivity contribution in [3.8, 4) is 0 Å². The van der Waals surface area contributed by atoms with Gasteiger partial charge >= 0.3 is 0 Å². The van der Waals surface area contributed by atoms with E-state index >= 15 is 0 Å². The Kier molecular flexibility index (Phi) is 6.70. The zero-order valence-electron chi connectivity index (χ0n) is 13.3. The third kappa shape index (κ3) is 4.37. The monoisotopic (exact) mass is 491 g/mol. The van der Waals surface area contributed by atoms with Crippen molar-refractivity contribution in [2.24, 2.45) is 10.7 Å². The van der Waals surface area contributed by atoms with E-state index in [0.717, 1.165) is 27.9 Å². The van der Waals surface area contributed by atoms with Gasteiger partial charge in [0.2, 0.25) is 0 Å². The number of aryl methyl sites for hydroxylation is 1. The second-order valence-corrected chi connectivity index (χ2v) is 6.65. The minimum atomic E-state index is 0. The molecule has 3 N–H and O–H groups in total. The Bertz CT molecular complexity index is 691. The normalized spacial score (nSPS) is 15.8. The number of nitrogens with two attached hydrogens (primary N) is 1. The maximum absolute atomic E-state index is 6.01. The number of fused-ring (bicyclic) bond motifs is 1. The summed E-state index contributed by atoms with van der Waals surface area (Å²) in [5, 5.41) is 3.31. The van der Waals surface area contributed by atoms with Gasteiger partial charge < -0.3 is 15.6 Å². The van der Waals surface area contributed by atoms with Gasteiger partial charge in [-0.2, -0.15) is 0 Å². The van der Waals surface area contributed by atoms with Crippen molar-refractivity contribution < 1.29 is 0 Å². The van der Waals surface area contributed by atoms with Crippen molar-refractivity contribution in [2.75, 3.05) is 0 Å². The van der Waals surface area contributed by atoms with Crippen LogP contribution in [0.4, 0.5) is 0 Å². The second kappa shape index (κ2) is 8.32. The summed E-state index contributed by atoms with van der Waals surface area (Å²) in [6.45, 7) is 3.50. The van der Waals surface area contributed by atoms with Gasteiger partial charge in [0.25, 0.3) is 0 Å². The van der Waals surface area contributed by atoms with Gasteiger partial charge in [-0.25, -0.2) is 9.98 Å².